The van der Waals surface area contributed by atoms with Crippen molar-refractivity contribution in [3.05, 3.63) is 138 Å². The molecule has 4 aromatic carbocycles. The summed E-state index contributed by atoms with van der Waals surface area (Å²) in [6.07, 6.45) is 0.259. The van der Waals surface area contributed by atoms with Crippen LogP contribution in [-0.4, -0.2) is 16.7 Å². The zero-order valence-electron chi connectivity index (χ0n) is 18.7. The van der Waals surface area contributed by atoms with Crippen LogP contribution in [0.15, 0.2) is 121 Å². The molecular formula is C30H26N2O2. The van der Waals surface area contributed by atoms with Gasteiger partial charge in [-0.25, -0.2) is 4.79 Å². The summed E-state index contributed by atoms with van der Waals surface area (Å²) in [5.41, 5.74) is 3.53. The van der Waals surface area contributed by atoms with Gasteiger partial charge in [0.05, 0.1) is 18.0 Å². The number of nitrogens with zero attached hydrogens (tertiary/aromatic N) is 1. The minimum Gasteiger partial charge on any atom is -0.309 e. The number of para-hydroxylation sites is 1. The van der Waals surface area contributed by atoms with Crippen molar-refractivity contribution in [3.8, 4) is 0 Å². The van der Waals surface area contributed by atoms with Crippen molar-refractivity contribution in [3.63, 3.8) is 0 Å². The Kier molecular flexibility index (Phi) is 6.21. The number of piperidine rings is 1. The summed E-state index contributed by atoms with van der Waals surface area (Å²) in [5.74, 6) is -0.317. The molecule has 0 saturated carbocycles. The van der Waals surface area contributed by atoms with Crippen LogP contribution in [0.1, 0.15) is 41.1 Å². The Hall–Kier alpha value is -4.18. The van der Waals surface area contributed by atoms with Crippen LogP contribution in [0.2, 0.25) is 0 Å². The van der Waals surface area contributed by atoms with Gasteiger partial charge in [0, 0.05) is 12.1 Å². The molecule has 1 aliphatic heterocycles. The average Bonchev–Trinajstić information content (AvgIpc) is 2.90. The van der Waals surface area contributed by atoms with Gasteiger partial charge in [0.2, 0.25) is 0 Å². The Morgan fingerprint density at radius 3 is 1.68 bits per heavy atom. The predicted molar refractivity (Wildman–Crippen MR) is 134 cm³/mol. The quantitative estimate of drug-likeness (QED) is 0.376. The van der Waals surface area contributed by atoms with E-state index in [2.05, 4.69) is 5.32 Å². The fourth-order valence-corrected chi connectivity index (χ4v) is 4.91. The van der Waals surface area contributed by atoms with Crippen LogP contribution in [0, 0.1) is 0 Å². The molecule has 4 aromatic rings. The first-order chi connectivity index (χ1) is 16.7. The highest BCUT2D eigenvalue weighted by atomic mass is 16.2. The molecule has 4 nitrogen and oxygen atoms in total. The molecule has 168 valence electrons. The van der Waals surface area contributed by atoms with Crippen molar-refractivity contribution in [2.45, 2.75) is 24.4 Å². The van der Waals surface area contributed by atoms with Gasteiger partial charge < -0.3 is 10.2 Å². The number of carbonyl (C=O) groups excluding carboxylic acids is 2. The fourth-order valence-electron chi connectivity index (χ4n) is 4.91. The van der Waals surface area contributed by atoms with E-state index in [4.69, 9.17) is 0 Å². The molecule has 4 heteroatoms. The lowest BCUT2D eigenvalue weighted by Crippen LogP contribution is -2.49. The zero-order valence-corrected chi connectivity index (χ0v) is 18.7. The smallest absolute Gasteiger partial charge is 0.309 e. The van der Waals surface area contributed by atoms with E-state index in [1.807, 2.05) is 126 Å². The number of urea groups is 1. The molecule has 0 bridgehead atoms. The maximum atomic E-state index is 13.9. The second-order valence-electron chi connectivity index (χ2n) is 8.54. The van der Waals surface area contributed by atoms with E-state index in [-0.39, 0.29) is 24.3 Å². The molecule has 1 fully saturated rings. The Labute approximate surface area is 199 Å². The third-order valence-corrected chi connectivity index (χ3v) is 6.44. The first kappa shape index (κ1) is 21.7. The SMILES string of the molecule is O=C1CC(c2ccccc2)N(C(=O)Nc2ccccc2)C(c2ccccc2)C1c1ccccc1. The highest BCUT2D eigenvalue weighted by molar-refractivity contribution is 5.95. The number of likely N-dealkylation sites (tertiary alicyclic amines) is 1. The Morgan fingerprint density at radius 2 is 1.12 bits per heavy atom. The number of hydrogen-bond donors (Lipinski definition) is 1. The largest absolute Gasteiger partial charge is 0.322 e. The molecular weight excluding hydrogens is 420 g/mol. The number of nitrogens with one attached hydrogen (secondary N) is 1. The molecule has 1 saturated heterocycles. The number of carbonyl (C=O) groups is 2. The molecule has 0 aromatic heterocycles. The average molecular weight is 447 g/mol. The van der Waals surface area contributed by atoms with Gasteiger partial charge in [-0.3, -0.25) is 4.79 Å². The Bertz CT molecular complexity index is 1240. The lowest BCUT2D eigenvalue weighted by Gasteiger charge is -2.46. The van der Waals surface area contributed by atoms with Crippen LogP contribution in [0.3, 0.4) is 0 Å². The third-order valence-electron chi connectivity index (χ3n) is 6.44. The van der Waals surface area contributed by atoms with E-state index < -0.39 is 12.0 Å². The first-order valence-corrected chi connectivity index (χ1v) is 11.5. The van der Waals surface area contributed by atoms with Gasteiger partial charge in [0.15, 0.2) is 0 Å². The number of Topliss-reactive ketones (excluding diaryl/α,β-unsaturated/α-hetero) is 1. The predicted octanol–water partition coefficient (Wildman–Crippen LogP) is 6.76. The molecule has 5 rings (SSSR count). The molecule has 3 unspecified atom stereocenters. The van der Waals surface area contributed by atoms with E-state index in [1.54, 1.807) is 0 Å². The molecule has 1 N–H and O–H groups in total. The number of benzene rings is 4. The summed E-state index contributed by atoms with van der Waals surface area (Å²) < 4.78 is 0. The molecule has 0 aliphatic carbocycles. The summed E-state index contributed by atoms with van der Waals surface area (Å²) >= 11 is 0. The van der Waals surface area contributed by atoms with Crippen molar-refractivity contribution >= 4 is 17.5 Å². The topological polar surface area (TPSA) is 49.4 Å². The van der Waals surface area contributed by atoms with Gasteiger partial charge in [-0.1, -0.05) is 109 Å². The van der Waals surface area contributed by atoms with Crippen molar-refractivity contribution in [1.29, 1.82) is 0 Å². The number of amides is 2. The molecule has 3 atom stereocenters. The monoisotopic (exact) mass is 446 g/mol. The highest BCUT2D eigenvalue weighted by Crippen LogP contribution is 2.47. The molecule has 34 heavy (non-hydrogen) atoms. The Balaban J connectivity index is 1.65. The molecule has 1 aliphatic rings. The van der Waals surface area contributed by atoms with Gasteiger partial charge >= 0.3 is 6.03 Å². The van der Waals surface area contributed by atoms with Crippen LogP contribution in [0.5, 0.6) is 0 Å². The number of hydrogen-bond acceptors (Lipinski definition) is 2. The second kappa shape index (κ2) is 9.75. The Morgan fingerprint density at radius 1 is 0.647 bits per heavy atom. The maximum Gasteiger partial charge on any atom is 0.322 e. The third kappa shape index (κ3) is 4.35. The van der Waals surface area contributed by atoms with Gasteiger partial charge in [0.1, 0.15) is 5.78 Å². The van der Waals surface area contributed by atoms with E-state index >= 15 is 0 Å². The van der Waals surface area contributed by atoms with E-state index in [1.165, 1.54) is 0 Å². The van der Waals surface area contributed by atoms with Crippen molar-refractivity contribution < 1.29 is 9.59 Å². The summed E-state index contributed by atoms with van der Waals surface area (Å²) in [4.78, 5) is 29.5. The lowest BCUT2D eigenvalue weighted by atomic mass is 9.76. The summed E-state index contributed by atoms with van der Waals surface area (Å²) in [7, 11) is 0. The molecule has 2 amide bonds. The lowest BCUT2D eigenvalue weighted by molar-refractivity contribution is -0.126. The van der Waals surface area contributed by atoms with Gasteiger partial charge in [0.25, 0.3) is 0 Å². The second-order valence-corrected chi connectivity index (χ2v) is 8.54. The summed E-state index contributed by atoms with van der Waals surface area (Å²) in [6, 6.07) is 37.9. The van der Waals surface area contributed by atoms with E-state index in [9.17, 15) is 9.59 Å². The van der Waals surface area contributed by atoms with Gasteiger partial charge in [-0.15, -0.1) is 0 Å². The molecule has 0 radical (unpaired) electrons. The van der Waals surface area contributed by atoms with Crippen LogP contribution >= 0.6 is 0 Å². The van der Waals surface area contributed by atoms with Crippen LogP contribution in [0.4, 0.5) is 10.5 Å². The number of ketones is 1. The van der Waals surface area contributed by atoms with Gasteiger partial charge in [-0.05, 0) is 28.8 Å². The van der Waals surface area contributed by atoms with Crippen LogP contribution in [0.25, 0.3) is 0 Å². The van der Waals surface area contributed by atoms with Gasteiger partial charge in [-0.2, -0.15) is 0 Å². The molecule has 1 heterocycles. The van der Waals surface area contributed by atoms with Crippen molar-refractivity contribution in [2.75, 3.05) is 5.32 Å². The van der Waals surface area contributed by atoms with E-state index in [0.717, 1.165) is 22.4 Å². The number of anilines is 1. The maximum absolute atomic E-state index is 13.9. The normalized spacial score (nSPS) is 20.1. The molecule has 0 spiro atoms. The summed E-state index contributed by atoms with van der Waals surface area (Å²) in [5, 5.41) is 3.07. The highest BCUT2D eigenvalue weighted by Gasteiger charge is 2.46. The minimum atomic E-state index is -0.454. The summed E-state index contributed by atoms with van der Waals surface area (Å²) in [6.45, 7) is 0. The van der Waals surface area contributed by atoms with Crippen LogP contribution < -0.4 is 5.32 Å². The standard InChI is InChI=1S/C30H26N2O2/c33-27-21-26(22-13-5-1-6-14-22)32(30(34)31-25-19-11-4-12-20-25)29(24-17-9-3-10-18-24)28(27)23-15-7-2-8-16-23/h1-20,26,28-29H,21H2,(H,31,34). The minimum absolute atomic E-state index is 0.137. The van der Waals surface area contributed by atoms with Crippen LogP contribution in [-0.2, 0) is 4.79 Å². The number of rotatable bonds is 4. The van der Waals surface area contributed by atoms with E-state index in [0.29, 0.717) is 0 Å². The first-order valence-electron chi connectivity index (χ1n) is 11.5. The zero-order chi connectivity index (χ0) is 23.3. The van der Waals surface area contributed by atoms with Crippen molar-refractivity contribution in [2.24, 2.45) is 0 Å². The van der Waals surface area contributed by atoms with Crippen molar-refractivity contribution in [1.82, 2.24) is 4.90 Å². The fraction of sp³-hybridized carbons (Fsp3) is 0.133.